The summed E-state index contributed by atoms with van der Waals surface area (Å²) < 4.78 is 39.0. The lowest BCUT2D eigenvalue weighted by atomic mass is 10.1. The first kappa shape index (κ1) is 15.0. The summed E-state index contributed by atoms with van der Waals surface area (Å²) >= 11 is 0. The highest BCUT2D eigenvalue weighted by Gasteiger charge is 2.37. The predicted molar refractivity (Wildman–Crippen MR) is 73.8 cm³/mol. The van der Waals surface area contributed by atoms with Crippen molar-refractivity contribution in [3.8, 4) is 11.3 Å². The molecule has 2 aromatic rings. The first-order valence-corrected chi connectivity index (χ1v) is 6.13. The van der Waals surface area contributed by atoms with Crippen LogP contribution in [0.5, 0.6) is 0 Å². The number of hydrogen-bond acceptors (Lipinski definition) is 2. The number of carbonyl (C=O) groups excluding carboxylic acids is 1. The molecule has 0 atom stereocenters. The Hall–Kier alpha value is -2.44. The molecule has 4 nitrogen and oxygen atoms in total. The molecule has 0 spiro atoms. The summed E-state index contributed by atoms with van der Waals surface area (Å²) in [4.78, 5) is 13.9. The first-order valence-electron chi connectivity index (χ1n) is 6.13. The molecular weight excluding hydrogens is 283 g/mol. The van der Waals surface area contributed by atoms with Gasteiger partial charge in [0.1, 0.15) is 5.69 Å². The molecule has 112 valence electrons. The van der Waals surface area contributed by atoms with Crippen LogP contribution in [0.4, 0.5) is 18.9 Å². The molecule has 0 aliphatic carbocycles. The van der Waals surface area contributed by atoms with Gasteiger partial charge in [0, 0.05) is 18.4 Å². The molecule has 1 amide bonds. The van der Waals surface area contributed by atoms with Crippen molar-refractivity contribution in [2.45, 2.75) is 13.1 Å². The van der Waals surface area contributed by atoms with Crippen LogP contribution < -0.4 is 11.1 Å². The normalized spacial score (nSPS) is 11.5. The van der Waals surface area contributed by atoms with Crippen molar-refractivity contribution >= 4 is 11.6 Å². The number of benzene rings is 1. The molecule has 0 aliphatic heterocycles. The van der Waals surface area contributed by atoms with Crippen molar-refractivity contribution in [3.63, 3.8) is 0 Å². The summed E-state index contributed by atoms with van der Waals surface area (Å²) in [6, 6.07) is 6.06. The van der Waals surface area contributed by atoms with Crippen molar-refractivity contribution in [2.75, 3.05) is 12.8 Å². The van der Waals surface area contributed by atoms with Crippen LogP contribution in [0.2, 0.25) is 0 Å². The van der Waals surface area contributed by atoms with Gasteiger partial charge in [-0.2, -0.15) is 13.2 Å². The van der Waals surface area contributed by atoms with E-state index in [1.807, 2.05) is 0 Å². The Balaban J connectivity index is 2.58. The number of hydrogen-bond donors (Lipinski definition) is 3. The zero-order valence-electron chi connectivity index (χ0n) is 11.4. The van der Waals surface area contributed by atoms with Crippen molar-refractivity contribution < 1.29 is 18.0 Å². The highest BCUT2D eigenvalue weighted by molar-refractivity contribution is 5.96. The molecule has 0 aliphatic rings. The van der Waals surface area contributed by atoms with E-state index in [0.717, 1.165) is 5.56 Å². The number of H-pyrrole nitrogens is 1. The molecule has 0 fully saturated rings. The van der Waals surface area contributed by atoms with Crippen LogP contribution in [-0.2, 0) is 6.18 Å². The van der Waals surface area contributed by atoms with E-state index in [0.29, 0.717) is 11.3 Å². The molecule has 0 bridgehead atoms. The van der Waals surface area contributed by atoms with Gasteiger partial charge in [-0.05, 0) is 36.2 Å². The van der Waals surface area contributed by atoms with Gasteiger partial charge in [0.2, 0.25) is 0 Å². The second kappa shape index (κ2) is 5.16. The maximum absolute atomic E-state index is 13.0. The Bertz CT molecular complexity index is 689. The zero-order chi connectivity index (χ0) is 15.8. The Morgan fingerprint density at radius 2 is 1.95 bits per heavy atom. The van der Waals surface area contributed by atoms with Crippen LogP contribution in [0.25, 0.3) is 11.3 Å². The fourth-order valence-corrected chi connectivity index (χ4v) is 1.99. The van der Waals surface area contributed by atoms with Gasteiger partial charge in [0.25, 0.3) is 5.91 Å². The third-order valence-electron chi connectivity index (χ3n) is 3.15. The van der Waals surface area contributed by atoms with Gasteiger partial charge in [-0.3, -0.25) is 4.79 Å². The number of carbonyl (C=O) groups is 1. The second-order valence-electron chi connectivity index (χ2n) is 4.62. The highest BCUT2D eigenvalue weighted by Crippen LogP contribution is 2.34. The smallest absolute Gasteiger partial charge is 0.399 e. The number of aromatic amines is 1. The van der Waals surface area contributed by atoms with Crippen molar-refractivity contribution in [1.82, 2.24) is 10.3 Å². The molecule has 1 aromatic carbocycles. The van der Waals surface area contributed by atoms with E-state index in [1.165, 1.54) is 13.1 Å². The number of nitrogens with two attached hydrogens (primary N) is 1. The zero-order valence-corrected chi connectivity index (χ0v) is 11.4. The molecule has 4 N–H and O–H groups in total. The number of aryl methyl sites for hydroxylation is 1. The monoisotopic (exact) mass is 297 g/mol. The summed E-state index contributed by atoms with van der Waals surface area (Å²) in [5.41, 5.74) is 6.23. The number of rotatable bonds is 2. The van der Waals surface area contributed by atoms with Gasteiger partial charge in [0.15, 0.2) is 0 Å². The third kappa shape index (κ3) is 2.86. The van der Waals surface area contributed by atoms with E-state index in [1.54, 1.807) is 25.1 Å². The van der Waals surface area contributed by atoms with Gasteiger partial charge in [0.05, 0.1) is 5.56 Å². The summed E-state index contributed by atoms with van der Waals surface area (Å²) in [5, 5.41) is 2.20. The fourth-order valence-electron chi connectivity index (χ4n) is 1.99. The topological polar surface area (TPSA) is 70.9 Å². The largest absolute Gasteiger partial charge is 0.432 e. The Morgan fingerprint density at radius 3 is 2.48 bits per heavy atom. The number of nitrogens with one attached hydrogen (secondary N) is 2. The quantitative estimate of drug-likeness (QED) is 0.746. The second-order valence-corrected chi connectivity index (χ2v) is 4.62. The maximum Gasteiger partial charge on any atom is 0.432 e. The van der Waals surface area contributed by atoms with Crippen molar-refractivity contribution in [1.29, 1.82) is 0 Å². The molecule has 21 heavy (non-hydrogen) atoms. The molecular formula is C14H14F3N3O. The molecule has 0 radical (unpaired) electrons. The van der Waals surface area contributed by atoms with Crippen LogP contribution >= 0.6 is 0 Å². The van der Waals surface area contributed by atoms with E-state index in [2.05, 4.69) is 10.3 Å². The Kier molecular flexibility index (Phi) is 3.67. The van der Waals surface area contributed by atoms with E-state index in [-0.39, 0.29) is 5.69 Å². The average Bonchev–Trinajstić information content (AvgIpc) is 2.86. The van der Waals surface area contributed by atoms with Gasteiger partial charge >= 0.3 is 6.18 Å². The van der Waals surface area contributed by atoms with Gasteiger partial charge < -0.3 is 16.0 Å². The van der Waals surface area contributed by atoms with E-state index >= 15 is 0 Å². The summed E-state index contributed by atoms with van der Waals surface area (Å²) in [5.74, 6) is -0.794. The summed E-state index contributed by atoms with van der Waals surface area (Å²) in [6.45, 7) is 1.76. The fraction of sp³-hybridized carbons (Fsp3) is 0.214. The minimum Gasteiger partial charge on any atom is -0.399 e. The SMILES string of the molecule is CNC(=O)c1cc(-c2ccc(N)c(C)c2)[nH]c1C(F)(F)F. The van der Waals surface area contributed by atoms with Crippen LogP contribution in [0.3, 0.4) is 0 Å². The maximum atomic E-state index is 13.0. The molecule has 0 saturated heterocycles. The third-order valence-corrected chi connectivity index (χ3v) is 3.15. The molecule has 1 aromatic heterocycles. The molecule has 0 saturated carbocycles. The molecule has 2 rings (SSSR count). The molecule has 0 unspecified atom stereocenters. The van der Waals surface area contributed by atoms with Crippen LogP contribution in [-0.4, -0.2) is 17.9 Å². The average molecular weight is 297 g/mol. The molecule has 7 heteroatoms. The summed E-state index contributed by atoms with van der Waals surface area (Å²) in [6.07, 6.45) is -4.64. The number of aromatic nitrogens is 1. The standard InChI is InChI=1S/C14H14F3N3O/c1-7-5-8(3-4-10(7)18)11-6-9(13(21)19-2)12(20-11)14(15,16)17/h3-6,20H,18H2,1-2H3,(H,19,21). The van der Waals surface area contributed by atoms with Gasteiger partial charge in [-0.15, -0.1) is 0 Å². The van der Waals surface area contributed by atoms with Crippen LogP contribution in [0.15, 0.2) is 24.3 Å². The van der Waals surface area contributed by atoms with E-state index in [9.17, 15) is 18.0 Å². The number of nitrogen functional groups attached to an aromatic ring is 1. The number of amides is 1. The van der Waals surface area contributed by atoms with Gasteiger partial charge in [-0.25, -0.2) is 0 Å². The van der Waals surface area contributed by atoms with E-state index < -0.39 is 23.3 Å². The Morgan fingerprint density at radius 1 is 1.29 bits per heavy atom. The van der Waals surface area contributed by atoms with Crippen molar-refractivity contribution in [2.24, 2.45) is 0 Å². The highest BCUT2D eigenvalue weighted by atomic mass is 19.4. The minimum atomic E-state index is -4.64. The van der Waals surface area contributed by atoms with Gasteiger partial charge in [-0.1, -0.05) is 6.07 Å². The van der Waals surface area contributed by atoms with E-state index in [4.69, 9.17) is 5.73 Å². The summed E-state index contributed by atoms with van der Waals surface area (Å²) in [7, 11) is 1.28. The lowest BCUT2D eigenvalue weighted by Gasteiger charge is -2.06. The molecule has 1 heterocycles. The lowest BCUT2D eigenvalue weighted by Crippen LogP contribution is -2.21. The van der Waals surface area contributed by atoms with Crippen LogP contribution in [0.1, 0.15) is 21.6 Å². The lowest BCUT2D eigenvalue weighted by molar-refractivity contribution is -0.141. The Labute approximate surface area is 119 Å². The van der Waals surface area contributed by atoms with Crippen LogP contribution in [0, 0.1) is 6.92 Å². The predicted octanol–water partition coefficient (Wildman–Crippen LogP) is 2.95. The minimum absolute atomic E-state index is 0.212. The number of anilines is 1. The first-order chi connectivity index (χ1) is 9.74. The van der Waals surface area contributed by atoms with Crippen molar-refractivity contribution in [3.05, 3.63) is 41.1 Å². The number of halogens is 3. The number of alkyl halides is 3.